The van der Waals surface area contributed by atoms with Crippen LogP contribution >= 0.6 is 0 Å². The molecule has 1 unspecified atom stereocenters. The van der Waals surface area contributed by atoms with Gasteiger partial charge < -0.3 is 19.4 Å². The van der Waals surface area contributed by atoms with Gasteiger partial charge in [-0.05, 0) is 57.6 Å². The number of fused-ring (bicyclic) bond motifs is 3. The molecule has 0 radical (unpaired) electrons. The molecule has 8 heteroatoms. The Bertz CT molecular complexity index is 1290. The third-order valence-corrected chi connectivity index (χ3v) is 5.48. The first-order valence-electron chi connectivity index (χ1n) is 11.4. The summed E-state index contributed by atoms with van der Waals surface area (Å²) in [5.41, 5.74) is 0.865. The van der Waals surface area contributed by atoms with Gasteiger partial charge >= 0.3 is 6.09 Å². The molecule has 34 heavy (non-hydrogen) atoms. The summed E-state index contributed by atoms with van der Waals surface area (Å²) in [7, 11) is 1.69. The maximum Gasteiger partial charge on any atom is 0.407 e. The highest BCUT2D eigenvalue weighted by atomic mass is 16.6. The molecule has 8 nitrogen and oxygen atoms in total. The fourth-order valence-electron chi connectivity index (χ4n) is 4.04. The number of nitrogens with zero attached hydrogens (tertiary/aromatic N) is 2. The molecule has 3 rings (SSSR count). The van der Waals surface area contributed by atoms with Gasteiger partial charge in [0.25, 0.3) is 5.56 Å². The minimum Gasteiger partial charge on any atom is -0.491 e. The van der Waals surface area contributed by atoms with Crippen LogP contribution in [0.4, 0.5) is 4.79 Å². The van der Waals surface area contributed by atoms with Gasteiger partial charge in [-0.15, -0.1) is 0 Å². The van der Waals surface area contributed by atoms with Crippen LogP contribution in [0.2, 0.25) is 0 Å². The van der Waals surface area contributed by atoms with Crippen LogP contribution in [0.5, 0.6) is 5.75 Å². The lowest BCUT2D eigenvalue weighted by molar-refractivity contribution is 0.0479. The summed E-state index contributed by atoms with van der Waals surface area (Å²) in [4.78, 5) is 41.5. The molecule has 2 aromatic heterocycles. The van der Waals surface area contributed by atoms with Crippen LogP contribution in [0.1, 0.15) is 57.1 Å². The number of carbonyl (C=O) groups is 2. The van der Waals surface area contributed by atoms with Gasteiger partial charge in [0.05, 0.1) is 28.2 Å². The Morgan fingerprint density at radius 1 is 1.24 bits per heavy atom. The minimum atomic E-state index is -0.613. The lowest BCUT2D eigenvalue weighted by Crippen LogP contribution is -2.42. The lowest BCUT2D eigenvalue weighted by atomic mass is 10.0. The maximum absolute atomic E-state index is 13.0. The van der Waals surface area contributed by atoms with E-state index in [9.17, 15) is 14.4 Å². The number of alkyl carbamates (subject to hydrolysis) is 1. The summed E-state index contributed by atoms with van der Waals surface area (Å²) in [5, 5.41) is 4.90. The number of aromatic nitrogens is 2. The SMILES string of the molecule is Cc1nccc2c1c(=O)n(C)c1cc(OCC(CC(C)C)NC(=O)OC(C)(C)C)c(C=O)cc21. The highest BCUT2D eigenvalue weighted by molar-refractivity contribution is 6.08. The number of aldehydes is 1. The molecule has 0 bridgehead atoms. The first-order chi connectivity index (χ1) is 15.9. The van der Waals surface area contributed by atoms with E-state index in [-0.39, 0.29) is 18.2 Å². The first-order valence-corrected chi connectivity index (χ1v) is 11.4. The second-order valence-electron chi connectivity index (χ2n) is 9.99. The Labute approximate surface area is 199 Å². The van der Waals surface area contributed by atoms with E-state index in [0.717, 1.165) is 17.1 Å². The predicted molar refractivity (Wildman–Crippen MR) is 133 cm³/mol. The Morgan fingerprint density at radius 3 is 2.56 bits per heavy atom. The second kappa shape index (κ2) is 9.83. The fraction of sp³-hybridized carbons (Fsp3) is 0.462. The van der Waals surface area contributed by atoms with E-state index in [1.54, 1.807) is 63.7 Å². The van der Waals surface area contributed by atoms with Crippen LogP contribution in [0.15, 0.2) is 29.2 Å². The number of hydrogen-bond donors (Lipinski definition) is 1. The summed E-state index contributed by atoms with van der Waals surface area (Å²) in [6, 6.07) is 4.90. The van der Waals surface area contributed by atoms with Gasteiger partial charge in [0.2, 0.25) is 0 Å². The van der Waals surface area contributed by atoms with E-state index in [4.69, 9.17) is 9.47 Å². The molecule has 1 aromatic carbocycles. The van der Waals surface area contributed by atoms with Crippen molar-refractivity contribution in [3.8, 4) is 5.75 Å². The molecular formula is C26H33N3O5. The number of rotatable bonds is 7. The smallest absolute Gasteiger partial charge is 0.407 e. The van der Waals surface area contributed by atoms with Crippen molar-refractivity contribution in [2.75, 3.05) is 6.61 Å². The predicted octanol–water partition coefficient (Wildman–Crippen LogP) is 4.53. The van der Waals surface area contributed by atoms with Gasteiger partial charge in [-0.25, -0.2) is 4.79 Å². The fourth-order valence-corrected chi connectivity index (χ4v) is 4.04. The van der Waals surface area contributed by atoms with Crippen LogP contribution in [0.3, 0.4) is 0 Å². The van der Waals surface area contributed by atoms with Crippen molar-refractivity contribution in [1.82, 2.24) is 14.9 Å². The normalized spacial score (nSPS) is 12.7. The van der Waals surface area contributed by atoms with Gasteiger partial charge in [-0.3, -0.25) is 14.6 Å². The molecule has 0 saturated carbocycles. The average Bonchev–Trinajstić information content (AvgIpc) is 2.73. The summed E-state index contributed by atoms with van der Waals surface area (Å²) < 4.78 is 13.0. The third kappa shape index (κ3) is 5.55. The van der Waals surface area contributed by atoms with Gasteiger partial charge in [-0.2, -0.15) is 0 Å². The number of aryl methyl sites for hydroxylation is 2. The topological polar surface area (TPSA) is 99.5 Å². The number of nitrogens with one attached hydrogen (secondary N) is 1. The standard InChI is InChI=1S/C26H33N3O5/c1-15(2)10-18(28-25(32)34-26(4,5)6)14-33-22-12-21-20(11-17(22)13-30)19-8-9-27-16(3)23(19)24(31)29(21)7/h8-9,11-13,15,18H,10,14H2,1-7H3,(H,28,32). The summed E-state index contributed by atoms with van der Waals surface area (Å²) >= 11 is 0. The molecule has 0 fully saturated rings. The zero-order valence-corrected chi connectivity index (χ0v) is 20.9. The van der Waals surface area contributed by atoms with E-state index in [1.807, 2.05) is 13.8 Å². The summed E-state index contributed by atoms with van der Waals surface area (Å²) in [6.45, 7) is 11.4. The molecule has 0 aliphatic heterocycles. The average molecular weight is 468 g/mol. The molecular weight excluding hydrogens is 434 g/mol. The van der Waals surface area contributed by atoms with Crippen LogP contribution in [0.25, 0.3) is 21.7 Å². The Kier molecular flexibility index (Phi) is 7.29. The first kappa shape index (κ1) is 25.2. The Hall–Kier alpha value is -3.42. The zero-order valence-electron chi connectivity index (χ0n) is 20.9. The minimum absolute atomic E-state index is 0.147. The molecule has 1 atom stereocenters. The van der Waals surface area contributed by atoms with Crippen LogP contribution in [-0.2, 0) is 11.8 Å². The quantitative estimate of drug-likeness (QED) is 0.405. The number of amides is 1. The van der Waals surface area contributed by atoms with Crippen molar-refractivity contribution in [1.29, 1.82) is 0 Å². The largest absolute Gasteiger partial charge is 0.491 e. The molecule has 1 amide bonds. The number of benzene rings is 1. The van der Waals surface area contributed by atoms with Crippen molar-refractivity contribution in [2.45, 2.75) is 59.6 Å². The Morgan fingerprint density at radius 2 is 1.94 bits per heavy atom. The van der Waals surface area contributed by atoms with Crippen LogP contribution in [0, 0.1) is 12.8 Å². The van der Waals surface area contributed by atoms with Crippen molar-refractivity contribution >= 4 is 34.1 Å². The van der Waals surface area contributed by atoms with Gasteiger partial charge in [0.15, 0.2) is 6.29 Å². The number of ether oxygens (including phenoxy) is 2. The molecule has 2 heterocycles. The lowest BCUT2D eigenvalue weighted by Gasteiger charge is -2.25. The van der Waals surface area contributed by atoms with Crippen molar-refractivity contribution < 1.29 is 19.1 Å². The van der Waals surface area contributed by atoms with Crippen molar-refractivity contribution in [3.05, 3.63) is 46.0 Å². The van der Waals surface area contributed by atoms with Crippen molar-refractivity contribution in [2.24, 2.45) is 13.0 Å². The van der Waals surface area contributed by atoms with Crippen LogP contribution < -0.4 is 15.6 Å². The molecule has 0 spiro atoms. The van der Waals surface area contributed by atoms with Crippen molar-refractivity contribution in [3.63, 3.8) is 0 Å². The van der Waals surface area contributed by atoms with E-state index in [2.05, 4.69) is 10.3 Å². The van der Waals surface area contributed by atoms with E-state index >= 15 is 0 Å². The van der Waals surface area contributed by atoms with E-state index in [1.165, 1.54) is 0 Å². The maximum atomic E-state index is 13.0. The summed E-state index contributed by atoms with van der Waals surface area (Å²) in [6.07, 6.45) is 2.53. The molecule has 3 aromatic rings. The molecule has 182 valence electrons. The number of carbonyl (C=O) groups excluding carboxylic acids is 2. The van der Waals surface area contributed by atoms with Gasteiger partial charge in [0.1, 0.15) is 18.0 Å². The summed E-state index contributed by atoms with van der Waals surface area (Å²) in [5.74, 6) is 0.650. The molecule has 0 saturated heterocycles. The number of pyridine rings is 2. The Balaban J connectivity index is 1.97. The van der Waals surface area contributed by atoms with Gasteiger partial charge in [0, 0.05) is 24.7 Å². The molecule has 1 N–H and O–H groups in total. The zero-order chi connectivity index (χ0) is 25.2. The molecule has 0 aliphatic carbocycles. The monoisotopic (exact) mass is 467 g/mol. The highest BCUT2D eigenvalue weighted by Gasteiger charge is 2.22. The third-order valence-electron chi connectivity index (χ3n) is 5.48. The number of hydrogen-bond acceptors (Lipinski definition) is 6. The van der Waals surface area contributed by atoms with Crippen LogP contribution in [-0.4, -0.2) is 40.2 Å². The van der Waals surface area contributed by atoms with E-state index in [0.29, 0.717) is 40.2 Å². The molecule has 0 aliphatic rings. The van der Waals surface area contributed by atoms with Gasteiger partial charge in [-0.1, -0.05) is 13.8 Å². The second-order valence-corrected chi connectivity index (χ2v) is 9.99. The van der Waals surface area contributed by atoms with E-state index < -0.39 is 11.7 Å². The highest BCUT2D eigenvalue weighted by Crippen LogP contribution is 2.30.